The molecule has 0 saturated carbocycles. The van der Waals surface area contributed by atoms with E-state index in [9.17, 15) is 45.7 Å². The second kappa shape index (κ2) is 18.7. The molecule has 0 unspecified atom stereocenters. The maximum absolute atomic E-state index is 13.6. The third-order valence-electron chi connectivity index (χ3n) is 12.6. The summed E-state index contributed by atoms with van der Waals surface area (Å²) in [4.78, 5) is 30.1. The highest BCUT2D eigenvalue weighted by Gasteiger charge is 2.30. The molecule has 4 N–H and O–H groups in total. The van der Waals surface area contributed by atoms with Gasteiger partial charge in [-0.15, -0.1) is 0 Å². The number of aryl methyl sites for hydroxylation is 5. The zero-order valence-corrected chi connectivity index (χ0v) is 42.2. The van der Waals surface area contributed by atoms with Crippen LogP contribution in [0, 0.1) is 41.5 Å². The molecule has 356 valence electrons. The maximum atomic E-state index is 13.6. The molecule has 11 nitrogen and oxygen atoms in total. The molecule has 0 aliphatic heterocycles. The second-order valence-electron chi connectivity index (χ2n) is 19.9. The highest BCUT2D eigenvalue weighted by molar-refractivity contribution is 7.90. The number of carbonyl (C=O) groups excluding carboxylic acids is 1. The number of carbonyl (C=O) groups is 2. The van der Waals surface area contributed by atoms with E-state index in [1.54, 1.807) is 75.4 Å². The van der Waals surface area contributed by atoms with Crippen molar-refractivity contribution in [3.8, 4) is 5.75 Å². The first kappa shape index (κ1) is 51.1. The largest absolute Gasteiger partial charge is 0.507 e. The SMILES string of the molecule is Cc1cc(C)c(Cc2ccc(C(=C3C=CC(=Nc4cc(C(C)(C)C)c(O)c(C(C)(C)C)c4)C=C3S(=O)(=O)O)c3ccc(Cc4c(C)cc(C)c(S(=O)(=O)O)c4C)c(C(=O)O)c3)cc2C=O)c(C)c1. The molecule has 6 rings (SSSR count). The fraction of sp³-hybridized carbons (Fsp3) is 0.291. The topological polar surface area (TPSA) is 196 Å². The van der Waals surface area contributed by atoms with Gasteiger partial charge in [-0.2, -0.15) is 16.8 Å². The van der Waals surface area contributed by atoms with Crippen molar-refractivity contribution in [1.82, 2.24) is 0 Å². The van der Waals surface area contributed by atoms with Crippen molar-refractivity contribution in [2.45, 2.75) is 112 Å². The standard InChI is InChI=1S/C55H59NO10S2/c1-30-19-31(2)44(32(3)20-30)23-36-13-15-38(22-40(36)29-57)50(39-16-14-37(46(25-39)53(59)60)24-45-33(4)21-34(5)52(35(45)6)68(64,65)66)43-18-17-41(28-49(43)67(61,62)63)56-42-26-47(54(7,8)9)51(58)48(27-42)55(10,11)12/h13-22,25-29,58H,23-24H2,1-12H3,(H,59,60)(H,61,62,63)(H,64,65,66). The Bertz CT molecular complexity index is 3240. The van der Waals surface area contributed by atoms with E-state index in [-0.39, 0.29) is 50.6 Å². The van der Waals surface area contributed by atoms with Crippen molar-refractivity contribution in [3.05, 3.63) is 184 Å². The van der Waals surface area contributed by atoms with Crippen molar-refractivity contribution in [1.29, 1.82) is 0 Å². The van der Waals surface area contributed by atoms with Gasteiger partial charge < -0.3 is 10.2 Å². The van der Waals surface area contributed by atoms with E-state index in [1.807, 2.05) is 62.3 Å². The first-order chi connectivity index (χ1) is 31.4. The molecule has 1 aliphatic carbocycles. The molecule has 0 saturated heterocycles. The van der Waals surface area contributed by atoms with Crippen molar-refractivity contribution < 1.29 is 45.7 Å². The number of hydrogen-bond acceptors (Lipinski definition) is 8. The lowest BCUT2D eigenvalue weighted by Gasteiger charge is -2.27. The van der Waals surface area contributed by atoms with E-state index in [0.29, 0.717) is 62.2 Å². The van der Waals surface area contributed by atoms with Crippen LogP contribution in [0.2, 0.25) is 0 Å². The van der Waals surface area contributed by atoms with Crippen molar-refractivity contribution in [2.75, 3.05) is 0 Å². The third-order valence-corrected chi connectivity index (χ3v) is 14.6. The van der Waals surface area contributed by atoms with E-state index in [2.05, 4.69) is 12.1 Å². The van der Waals surface area contributed by atoms with Gasteiger partial charge in [-0.1, -0.05) is 95.6 Å². The van der Waals surface area contributed by atoms with Crippen LogP contribution in [0.5, 0.6) is 5.75 Å². The fourth-order valence-corrected chi connectivity index (χ4v) is 11.0. The van der Waals surface area contributed by atoms with Crippen LogP contribution in [0.15, 0.2) is 105 Å². The number of phenolic OH excluding ortho intramolecular Hbond substituents is 1. The summed E-state index contributed by atoms with van der Waals surface area (Å²) < 4.78 is 73.1. The monoisotopic (exact) mass is 957 g/mol. The van der Waals surface area contributed by atoms with Gasteiger partial charge in [0, 0.05) is 22.3 Å². The highest BCUT2D eigenvalue weighted by Crippen LogP contribution is 2.43. The molecular weight excluding hydrogens is 899 g/mol. The van der Waals surface area contributed by atoms with E-state index in [4.69, 9.17) is 4.99 Å². The molecule has 13 heteroatoms. The molecule has 5 aromatic rings. The molecule has 0 fully saturated rings. The van der Waals surface area contributed by atoms with E-state index in [1.165, 1.54) is 18.2 Å². The Kier molecular flexibility index (Phi) is 14.1. The lowest BCUT2D eigenvalue weighted by Crippen LogP contribution is -2.17. The van der Waals surface area contributed by atoms with Crippen LogP contribution in [0.1, 0.15) is 140 Å². The maximum Gasteiger partial charge on any atom is 0.335 e. The summed E-state index contributed by atoms with van der Waals surface area (Å²) in [6.07, 6.45) is 5.39. The van der Waals surface area contributed by atoms with E-state index in [0.717, 1.165) is 28.5 Å². The molecule has 1 aliphatic rings. The van der Waals surface area contributed by atoms with Gasteiger partial charge in [0.15, 0.2) is 0 Å². The van der Waals surface area contributed by atoms with Gasteiger partial charge in [-0.25, -0.2) is 9.79 Å². The Hall–Kier alpha value is -6.25. The number of nitrogens with zero attached hydrogens (tertiary/aromatic N) is 1. The molecule has 0 aromatic heterocycles. The lowest BCUT2D eigenvalue weighted by atomic mass is 9.79. The Balaban J connectivity index is 1.62. The van der Waals surface area contributed by atoms with Gasteiger partial charge in [-0.05, 0) is 168 Å². The normalized spacial score (nSPS) is 14.9. The Morgan fingerprint density at radius 2 is 1.19 bits per heavy atom. The van der Waals surface area contributed by atoms with Gasteiger partial charge in [-0.3, -0.25) is 13.9 Å². The van der Waals surface area contributed by atoms with Crippen LogP contribution in [0.3, 0.4) is 0 Å². The van der Waals surface area contributed by atoms with Crippen LogP contribution in [-0.4, -0.2) is 54.1 Å². The molecule has 0 bridgehead atoms. The van der Waals surface area contributed by atoms with Crippen molar-refractivity contribution >= 4 is 49.5 Å². The number of aromatic carboxylic acids is 1. The molecule has 0 spiro atoms. The summed E-state index contributed by atoms with van der Waals surface area (Å²) in [5, 5.41) is 22.1. The number of benzene rings is 5. The number of carboxylic acids is 1. The van der Waals surface area contributed by atoms with Gasteiger partial charge in [0.2, 0.25) is 0 Å². The number of hydrogen-bond donors (Lipinski definition) is 4. The van der Waals surface area contributed by atoms with Crippen molar-refractivity contribution in [2.24, 2.45) is 4.99 Å². The molecule has 68 heavy (non-hydrogen) atoms. The number of carboxylic acid groups (broad SMARTS) is 1. The van der Waals surface area contributed by atoms with Gasteiger partial charge >= 0.3 is 5.97 Å². The Morgan fingerprint density at radius 3 is 1.71 bits per heavy atom. The highest BCUT2D eigenvalue weighted by atomic mass is 32.2. The summed E-state index contributed by atoms with van der Waals surface area (Å²) in [6, 6.07) is 18.9. The average molecular weight is 958 g/mol. The first-order valence-corrected chi connectivity index (χ1v) is 25.0. The van der Waals surface area contributed by atoms with E-state index >= 15 is 0 Å². The Labute approximate surface area is 400 Å². The van der Waals surface area contributed by atoms with Crippen molar-refractivity contribution in [3.63, 3.8) is 0 Å². The van der Waals surface area contributed by atoms with Crippen LogP contribution < -0.4 is 0 Å². The van der Waals surface area contributed by atoms with Gasteiger partial charge in [0.1, 0.15) is 16.9 Å². The predicted molar refractivity (Wildman–Crippen MR) is 269 cm³/mol. The minimum Gasteiger partial charge on any atom is -0.507 e. The lowest BCUT2D eigenvalue weighted by molar-refractivity contribution is 0.0695. The average Bonchev–Trinajstić information content (AvgIpc) is 3.20. The Morgan fingerprint density at radius 1 is 0.662 bits per heavy atom. The first-order valence-electron chi connectivity index (χ1n) is 22.1. The molecule has 0 radical (unpaired) electrons. The second-order valence-corrected chi connectivity index (χ2v) is 22.6. The van der Waals surface area contributed by atoms with E-state index < -0.39 is 41.9 Å². The van der Waals surface area contributed by atoms with Crippen LogP contribution in [0.25, 0.3) is 5.57 Å². The third kappa shape index (κ3) is 10.7. The summed E-state index contributed by atoms with van der Waals surface area (Å²) in [5.41, 5.74) is 8.84. The quantitative estimate of drug-likeness (QED) is 0.0730. The van der Waals surface area contributed by atoms with Gasteiger partial charge in [0.05, 0.1) is 21.9 Å². The number of aromatic hydroxyl groups is 1. The zero-order valence-electron chi connectivity index (χ0n) is 40.6. The minimum atomic E-state index is -5.04. The summed E-state index contributed by atoms with van der Waals surface area (Å²) >= 11 is 0. The predicted octanol–water partition coefficient (Wildman–Crippen LogP) is 11.7. The molecule has 0 amide bonds. The number of rotatable bonds is 11. The number of aliphatic imine (C=N–C) groups is 1. The molecule has 0 atom stereocenters. The van der Waals surface area contributed by atoms with Crippen LogP contribution in [0.4, 0.5) is 5.69 Å². The number of allylic oxidation sites excluding steroid dienone is 4. The van der Waals surface area contributed by atoms with Gasteiger partial charge in [0.25, 0.3) is 20.2 Å². The summed E-state index contributed by atoms with van der Waals surface area (Å²) in [7, 11) is -9.66. The zero-order chi connectivity index (χ0) is 50.6. The summed E-state index contributed by atoms with van der Waals surface area (Å²) in [5.74, 6) is -1.19. The number of phenols is 1. The molecule has 0 heterocycles. The minimum absolute atomic E-state index is 0.00940. The smallest absolute Gasteiger partial charge is 0.335 e. The fourth-order valence-electron chi connectivity index (χ4n) is 9.31. The molecule has 5 aromatic carbocycles. The number of aldehydes is 1. The van der Waals surface area contributed by atoms with Crippen LogP contribution in [-0.2, 0) is 43.9 Å². The summed E-state index contributed by atoms with van der Waals surface area (Å²) in [6.45, 7) is 22.7. The van der Waals surface area contributed by atoms with Crippen LogP contribution >= 0.6 is 0 Å². The molecular formula is C55H59NO10S2.